The average molecular weight is 455 g/mol. The van der Waals surface area contributed by atoms with E-state index >= 15 is 0 Å². The van der Waals surface area contributed by atoms with Crippen molar-refractivity contribution in [3.8, 4) is 22.8 Å². The smallest absolute Gasteiger partial charge is 0.307 e. The van der Waals surface area contributed by atoms with Crippen LogP contribution in [0, 0.1) is 6.92 Å². The molecule has 0 saturated heterocycles. The van der Waals surface area contributed by atoms with Gasteiger partial charge in [-0.25, -0.2) is 4.98 Å². The lowest BCUT2D eigenvalue weighted by molar-refractivity contribution is -0.141. The predicted molar refractivity (Wildman–Crippen MR) is 123 cm³/mol. The van der Waals surface area contributed by atoms with Gasteiger partial charge in [0.1, 0.15) is 0 Å². The molecule has 0 spiro atoms. The zero-order chi connectivity index (χ0) is 23.1. The number of aryl methyl sites for hydroxylation is 1. The Kier molecular flexibility index (Phi) is 7.83. The molecule has 168 valence electrons. The van der Waals surface area contributed by atoms with Gasteiger partial charge < -0.3 is 19.5 Å². The number of hydrogen-bond acceptors (Lipinski definition) is 7. The maximum absolute atomic E-state index is 12.8. The minimum absolute atomic E-state index is 0.000161. The molecule has 32 heavy (non-hydrogen) atoms. The lowest BCUT2D eigenvalue weighted by atomic mass is 10.0. The number of aromatic nitrogens is 1. The first-order chi connectivity index (χ1) is 15.4. The Morgan fingerprint density at radius 1 is 1.03 bits per heavy atom. The third kappa shape index (κ3) is 5.85. The number of thiazole rings is 1. The number of methoxy groups -OCH3 is 3. The fraction of sp³-hybridized carbons (Fsp3) is 0.292. The highest BCUT2D eigenvalue weighted by Crippen LogP contribution is 2.31. The lowest BCUT2D eigenvalue weighted by Gasteiger charge is -2.20. The van der Waals surface area contributed by atoms with Crippen molar-refractivity contribution in [2.24, 2.45) is 0 Å². The summed E-state index contributed by atoms with van der Waals surface area (Å²) in [6, 6.07) is 12.5. The van der Waals surface area contributed by atoms with E-state index in [9.17, 15) is 9.59 Å². The Balaban J connectivity index is 1.73. The number of carbonyl (C=O) groups excluding carboxylic acids is 2. The van der Waals surface area contributed by atoms with Crippen LogP contribution in [0.15, 0.2) is 47.8 Å². The first-order valence-electron chi connectivity index (χ1n) is 10.0. The molecule has 0 aliphatic rings. The van der Waals surface area contributed by atoms with E-state index in [0.717, 1.165) is 27.4 Å². The van der Waals surface area contributed by atoms with Crippen molar-refractivity contribution in [1.29, 1.82) is 0 Å². The van der Waals surface area contributed by atoms with Crippen LogP contribution in [0.2, 0.25) is 0 Å². The highest BCUT2D eigenvalue weighted by Gasteiger charge is 2.21. The number of nitrogens with one attached hydrogen (secondary N) is 1. The molecule has 7 nitrogen and oxygen atoms in total. The molecule has 2 aromatic carbocycles. The van der Waals surface area contributed by atoms with Gasteiger partial charge in [-0.3, -0.25) is 9.59 Å². The summed E-state index contributed by atoms with van der Waals surface area (Å²) < 4.78 is 15.4. The molecule has 0 aliphatic carbocycles. The Bertz CT molecular complexity index is 1080. The van der Waals surface area contributed by atoms with Crippen LogP contribution in [0.3, 0.4) is 0 Å². The molecule has 0 saturated carbocycles. The molecular weight excluding hydrogens is 428 g/mol. The highest BCUT2D eigenvalue weighted by molar-refractivity contribution is 7.09. The summed E-state index contributed by atoms with van der Waals surface area (Å²) in [5.74, 6) is 0.454. The molecule has 1 heterocycles. The number of esters is 1. The van der Waals surface area contributed by atoms with Gasteiger partial charge in [-0.05, 0) is 30.2 Å². The summed E-state index contributed by atoms with van der Waals surface area (Å²) in [5, 5.41) is 5.96. The van der Waals surface area contributed by atoms with Crippen molar-refractivity contribution < 1.29 is 23.8 Å². The van der Waals surface area contributed by atoms with Crippen LogP contribution in [0.25, 0.3) is 11.3 Å². The van der Waals surface area contributed by atoms with Gasteiger partial charge in [-0.15, -0.1) is 11.3 Å². The monoisotopic (exact) mass is 454 g/mol. The average Bonchev–Trinajstić information content (AvgIpc) is 3.24. The normalized spacial score (nSPS) is 11.5. The largest absolute Gasteiger partial charge is 0.493 e. The quantitative estimate of drug-likeness (QED) is 0.490. The Labute approximate surface area is 191 Å². The van der Waals surface area contributed by atoms with Crippen LogP contribution in [0.1, 0.15) is 28.6 Å². The van der Waals surface area contributed by atoms with Gasteiger partial charge in [-0.2, -0.15) is 0 Å². The first kappa shape index (κ1) is 23.3. The van der Waals surface area contributed by atoms with Gasteiger partial charge in [0, 0.05) is 10.9 Å². The van der Waals surface area contributed by atoms with Crippen molar-refractivity contribution in [3.63, 3.8) is 0 Å². The molecule has 0 fully saturated rings. The lowest BCUT2D eigenvalue weighted by Crippen LogP contribution is -2.31. The fourth-order valence-electron chi connectivity index (χ4n) is 3.29. The van der Waals surface area contributed by atoms with Crippen molar-refractivity contribution in [1.82, 2.24) is 10.3 Å². The molecule has 0 aliphatic heterocycles. The molecule has 1 unspecified atom stereocenters. The standard InChI is InChI=1S/C24H26N2O5S/c1-15-25-20(14-32-15)17-7-5-16(6-8-17)11-23(27)26-19(13-24(28)31-4)18-9-10-21(29-2)22(12-18)30-3/h5-10,12,14,19H,11,13H2,1-4H3,(H,26,27). The number of carbonyl (C=O) groups is 2. The second-order valence-corrected chi connectivity index (χ2v) is 8.20. The second-order valence-electron chi connectivity index (χ2n) is 7.14. The van der Waals surface area contributed by atoms with Crippen molar-refractivity contribution in [2.45, 2.75) is 25.8 Å². The van der Waals surface area contributed by atoms with Crippen LogP contribution >= 0.6 is 11.3 Å². The summed E-state index contributed by atoms with van der Waals surface area (Å²) in [6.07, 6.45) is 0.182. The third-order valence-corrected chi connectivity index (χ3v) is 5.75. The van der Waals surface area contributed by atoms with E-state index in [-0.39, 0.29) is 18.7 Å². The van der Waals surface area contributed by atoms with Gasteiger partial charge >= 0.3 is 5.97 Å². The van der Waals surface area contributed by atoms with E-state index in [1.165, 1.54) is 14.2 Å². The van der Waals surface area contributed by atoms with Gasteiger partial charge in [0.05, 0.1) is 50.9 Å². The van der Waals surface area contributed by atoms with Gasteiger partial charge in [0.25, 0.3) is 0 Å². The number of nitrogens with zero attached hydrogens (tertiary/aromatic N) is 1. The van der Waals surface area contributed by atoms with Crippen LogP contribution in [-0.4, -0.2) is 38.2 Å². The number of hydrogen-bond donors (Lipinski definition) is 1. The molecular formula is C24H26N2O5S. The summed E-state index contributed by atoms with van der Waals surface area (Å²) in [6.45, 7) is 1.97. The summed E-state index contributed by atoms with van der Waals surface area (Å²) in [4.78, 5) is 29.2. The molecule has 0 radical (unpaired) electrons. The maximum Gasteiger partial charge on any atom is 0.307 e. The van der Waals surface area contributed by atoms with E-state index in [1.807, 2.05) is 36.6 Å². The van der Waals surface area contributed by atoms with E-state index in [2.05, 4.69) is 10.3 Å². The highest BCUT2D eigenvalue weighted by atomic mass is 32.1. The zero-order valence-corrected chi connectivity index (χ0v) is 19.3. The van der Waals surface area contributed by atoms with Crippen LogP contribution < -0.4 is 14.8 Å². The summed E-state index contributed by atoms with van der Waals surface area (Å²) >= 11 is 1.60. The van der Waals surface area contributed by atoms with Crippen LogP contribution in [0.5, 0.6) is 11.5 Å². The molecule has 1 N–H and O–H groups in total. The molecule has 3 rings (SSSR count). The second kappa shape index (κ2) is 10.8. The van der Waals surface area contributed by atoms with Crippen molar-refractivity contribution in [2.75, 3.05) is 21.3 Å². The summed E-state index contributed by atoms with van der Waals surface area (Å²) in [5.41, 5.74) is 3.51. The van der Waals surface area contributed by atoms with Gasteiger partial charge in [0.2, 0.25) is 5.91 Å². The zero-order valence-electron chi connectivity index (χ0n) is 18.5. The predicted octanol–water partition coefficient (Wildman–Crippen LogP) is 4.10. The number of amides is 1. The van der Waals surface area contributed by atoms with Gasteiger partial charge in [-0.1, -0.05) is 30.3 Å². The fourth-order valence-corrected chi connectivity index (χ4v) is 3.91. The van der Waals surface area contributed by atoms with Crippen LogP contribution in [-0.2, 0) is 20.7 Å². The summed E-state index contributed by atoms with van der Waals surface area (Å²) in [7, 11) is 4.40. The molecule has 1 aromatic heterocycles. The first-order valence-corrected chi connectivity index (χ1v) is 10.9. The molecule has 8 heteroatoms. The number of benzene rings is 2. The molecule has 3 aromatic rings. The number of rotatable bonds is 9. The Hall–Kier alpha value is -3.39. The SMILES string of the molecule is COC(=O)CC(NC(=O)Cc1ccc(-c2csc(C)n2)cc1)c1ccc(OC)c(OC)c1. The minimum atomic E-state index is -0.563. The molecule has 1 atom stereocenters. The van der Waals surface area contributed by atoms with Gasteiger partial charge in [0.15, 0.2) is 11.5 Å². The van der Waals surface area contributed by atoms with E-state index in [4.69, 9.17) is 14.2 Å². The molecule has 0 bridgehead atoms. The minimum Gasteiger partial charge on any atom is -0.493 e. The third-order valence-electron chi connectivity index (χ3n) is 4.98. The van der Waals surface area contributed by atoms with Crippen molar-refractivity contribution >= 4 is 23.2 Å². The van der Waals surface area contributed by atoms with E-state index in [0.29, 0.717) is 11.5 Å². The van der Waals surface area contributed by atoms with Crippen molar-refractivity contribution in [3.05, 3.63) is 64.0 Å². The maximum atomic E-state index is 12.8. The molecule has 1 amide bonds. The Morgan fingerprint density at radius 2 is 1.75 bits per heavy atom. The topological polar surface area (TPSA) is 86.8 Å². The van der Waals surface area contributed by atoms with E-state index < -0.39 is 12.0 Å². The van der Waals surface area contributed by atoms with Crippen LogP contribution in [0.4, 0.5) is 0 Å². The Morgan fingerprint density at radius 3 is 2.34 bits per heavy atom. The van der Waals surface area contributed by atoms with E-state index in [1.54, 1.807) is 36.6 Å². The number of ether oxygens (including phenoxy) is 3.